The molecule has 0 spiro atoms. The molecule has 0 bridgehead atoms. The van der Waals surface area contributed by atoms with Crippen molar-refractivity contribution in [2.75, 3.05) is 48.0 Å². The number of likely N-dealkylation sites (tertiary alicyclic amines) is 1. The van der Waals surface area contributed by atoms with Crippen molar-refractivity contribution < 1.29 is 19.0 Å². The van der Waals surface area contributed by atoms with Crippen LogP contribution in [0.15, 0.2) is 23.2 Å². The molecule has 1 aliphatic rings. The second-order valence-corrected chi connectivity index (χ2v) is 6.20. The zero-order valence-electron chi connectivity index (χ0n) is 16.5. The zero-order valence-corrected chi connectivity index (χ0v) is 18.8. The van der Waals surface area contributed by atoms with Crippen molar-refractivity contribution in [1.82, 2.24) is 10.2 Å². The van der Waals surface area contributed by atoms with E-state index in [1.54, 1.807) is 21.3 Å². The fraction of sp³-hybridized carbons (Fsp3) is 0.579. The molecule has 0 saturated carbocycles. The molecule has 0 unspecified atom stereocenters. The molecule has 1 fully saturated rings. The number of rotatable bonds is 6. The number of guanidine groups is 1. The van der Waals surface area contributed by atoms with Gasteiger partial charge in [0.15, 0.2) is 17.5 Å². The number of methoxy groups -OCH3 is 3. The molecule has 152 valence electrons. The van der Waals surface area contributed by atoms with Gasteiger partial charge in [0.25, 0.3) is 0 Å². The number of halogens is 1. The van der Waals surface area contributed by atoms with Crippen LogP contribution in [0.1, 0.15) is 18.4 Å². The van der Waals surface area contributed by atoms with E-state index in [9.17, 15) is 4.79 Å². The van der Waals surface area contributed by atoms with Crippen molar-refractivity contribution in [3.63, 3.8) is 0 Å². The van der Waals surface area contributed by atoms with Crippen LogP contribution in [0.25, 0.3) is 0 Å². The van der Waals surface area contributed by atoms with E-state index in [0.29, 0.717) is 0 Å². The lowest BCUT2D eigenvalue weighted by molar-refractivity contribution is -0.146. The Bertz CT molecular complexity index is 631. The fourth-order valence-corrected chi connectivity index (χ4v) is 3.18. The van der Waals surface area contributed by atoms with Crippen LogP contribution in [0.5, 0.6) is 11.5 Å². The molecule has 7 nitrogen and oxygen atoms in total. The summed E-state index contributed by atoms with van der Waals surface area (Å²) < 4.78 is 15.4. The minimum atomic E-state index is -0.110. The Balaban J connectivity index is 0.00000364. The third kappa shape index (κ3) is 6.44. The number of esters is 1. The lowest BCUT2D eigenvalue weighted by Gasteiger charge is -2.33. The number of benzene rings is 1. The second-order valence-electron chi connectivity index (χ2n) is 6.20. The van der Waals surface area contributed by atoms with Gasteiger partial charge < -0.3 is 24.4 Å². The molecule has 0 amide bonds. The standard InChI is InChI=1S/C19H29N3O4.HI/c1-20-19(22-11-8-15(9-12-22)18(23)26-4)21-10-7-14-5-6-16(24-2)17(13-14)25-3;/h5-6,13,15H,7-12H2,1-4H3,(H,20,21);1H. The Labute approximate surface area is 178 Å². The number of hydrogen-bond donors (Lipinski definition) is 1. The van der Waals surface area contributed by atoms with E-state index in [0.717, 1.165) is 61.9 Å². The van der Waals surface area contributed by atoms with Gasteiger partial charge in [0.1, 0.15) is 0 Å². The van der Waals surface area contributed by atoms with Gasteiger partial charge in [-0.05, 0) is 37.0 Å². The molecule has 8 heteroatoms. The Morgan fingerprint density at radius 2 is 1.85 bits per heavy atom. The molecule has 0 aromatic heterocycles. The number of ether oxygens (including phenoxy) is 3. The van der Waals surface area contributed by atoms with Gasteiger partial charge in [-0.3, -0.25) is 9.79 Å². The first-order valence-corrected chi connectivity index (χ1v) is 8.87. The highest BCUT2D eigenvalue weighted by Crippen LogP contribution is 2.27. The van der Waals surface area contributed by atoms with Crippen LogP contribution in [-0.2, 0) is 16.0 Å². The van der Waals surface area contributed by atoms with Gasteiger partial charge in [0.2, 0.25) is 0 Å². The molecule has 27 heavy (non-hydrogen) atoms. The zero-order chi connectivity index (χ0) is 18.9. The van der Waals surface area contributed by atoms with Gasteiger partial charge in [-0.15, -0.1) is 24.0 Å². The fourth-order valence-electron chi connectivity index (χ4n) is 3.18. The predicted molar refractivity (Wildman–Crippen MR) is 116 cm³/mol. The minimum absolute atomic E-state index is 0. The molecule has 1 aliphatic heterocycles. The number of hydrogen-bond acceptors (Lipinski definition) is 5. The SMILES string of the molecule is CN=C(NCCc1ccc(OC)c(OC)c1)N1CCC(C(=O)OC)CC1.I. The summed E-state index contributed by atoms with van der Waals surface area (Å²) in [6.07, 6.45) is 2.43. The molecular formula is C19H30IN3O4. The van der Waals surface area contributed by atoms with Crippen LogP contribution in [-0.4, -0.2) is 64.8 Å². The van der Waals surface area contributed by atoms with Crippen LogP contribution >= 0.6 is 24.0 Å². The van der Waals surface area contributed by atoms with Gasteiger partial charge in [0, 0.05) is 26.7 Å². The van der Waals surface area contributed by atoms with Crippen LogP contribution in [0.2, 0.25) is 0 Å². The summed E-state index contributed by atoms with van der Waals surface area (Å²) in [5, 5.41) is 3.40. The smallest absolute Gasteiger partial charge is 0.308 e. The molecule has 2 rings (SSSR count). The molecule has 1 saturated heterocycles. The highest BCUT2D eigenvalue weighted by atomic mass is 127. The first-order chi connectivity index (χ1) is 12.6. The number of aliphatic imine (C=N–C) groups is 1. The highest BCUT2D eigenvalue weighted by molar-refractivity contribution is 14.0. The van der Waals surface area contributed by atoms with E-state index < -0.39 is 0 Å². The van der Waals surface area contributed by atoms with Crippen molar-refractivity contribution in [3.05, 3.63) is 23.8 Å². The maximum Gasteiger partial charge on any atom is 0.308 e. The Hall–Kier alpha value is -1.71. The number of carbonyl (C=O) groups is 1. The van der Waals surface area contributed by atoms with Crippen molar-refractivity contribution in [2.45, 2.75) is 19.3 Å². The van der Waals surface area contributed by atoms with E-state index >= 15 is 0 Å². The molecule has 1 aromatic rings. The molecular weight excluding hydrogens is 461 g/mol. The maximum absolute atomic E-state index is 11.6. The van der Waals surface area contributed by atoms with Gasteiger partial charge in [0.05, 0.1) is 27.2 Å². The van der Waals surface area contributed by atoms with Crippen LogP contribution in [0.3, 0.4) is 0 Å². The lowest BCUT2D eigenvalue weighted by atomic mass is 9.97. The molecule has 1 heterocycles. The van der Waals surface area contributed by atoms with Gasteiger partial charge in [-0.2, -0.15) is 0 Å². The average Bonchev–Trinajstić information content (AvgIpc) is 2.70. The third-order valence-electron chi connectivity index (χ3n) is 4.69. The number of nitrogens with one attached hydrogen (secondary N) is 1. The summed E-state index contributed by atoms with van der Waals surface area (Å²) in [6, 6.07) is 5.94. The van der Waals surface area contributed by atoms with E-state index in [4.69, 9.17) is 14.2 Å². The topological polar surface area (TPSA) is 72.4 Å². The highest BCUT2D eigenvalue weighted by Gasteiger charge is 2.26. The lowest BCUT2D eigenvalue weighted by Crippen LogP contribution is -2.47. The Morgan fingerprint density at radius 3 is 2.41 bits per heavy atom. The Kier molecular flexibility index (Phi) is 10.3. The van der Waals surface area contributed by atoms with Crippen LogP contribution < -0.4 is 14.8 Å². The first-order valence-electron chi connectivity index (χ1n) is 8.87. The van der Waals surface area contributed by atoms with Crippen molar-refractivity contribution in [2.24, 2.45) is 10.9 Å². The summed E-state index contributed by atoms with van der Waals surface area (Å²) in [5.41, 5.74) is 1.16. The van der Waals surface area contributed by atoms with E-state index in [-0.39, 0.29) is 35.9 Å². The van der Waals surface area contributed by atoms with Crippen molar-refractivity contribution in [3.8, 4) is 11.5 Å². The quantitative estimate of drug-likeness (QED) is 0.285. The summed E-state index contributed by atoms with van der Waals surface area (Å²) >= 11 is 0. The normalized spacial score (nSPS) is 15.0. The van der Waals surface area contributed by atoms with Gasteiger partial charge in [-0.25, -0.2) is 0 Å². The van der Waals surface area contributed by atoms with Crippen molar-refractivity contribution in [1.29, 1.82) is 0 Å². The third-order valence-corrected chi connectivity index (χ3v) is 4.69. The van der Waals surface area contributed by atoms with E-state index in [1.807, 2.05) is 18.2 Å². The summed E-state index contributed by atoms with van der Waals surface area (Å²) in [4.78, 5) is 18.2. The molecule has 1 aromatic carbocycles. The summed E-state index contributed by atoms with van der Waals surface area (Å²) in [6.45, 7) is 2.37. The predicted octanol–water partition coefficient (Wildman–Crippen LogP) is 2.32. The molecule has 0 atom stereocenters. The molecule has 0 aliphatic carbocycles. The molecule has 1 N–H and O–H groups in total. The Morgan fingerprint density at radius 1 is 1.19 bits per heavy atom. The largest absolute Gasteiger partial charge is 0.493 e. The minimum Gasteiger partial charge on any atom is -0.493 e. The van der Waals surface area contributed by atoms with E-state index in [1.165, 1.54) is 7.11 Å². The summed E-state index contributed by atoms with van der Waals surface area (Å²) in [7, 11) is 6.50. The molecule has 0 radical (unpaired) electrons. The van der Waals surface area contributed by atoms with Crippen molar-refractivity contribution >= 4 is 35.9 Å². The second kappa shape index (κ2) is 11.9. The number of nitrogens with zero attached hydrogens (tertiary/aromatic N) is 2. The first kappa shape index (κ1) is 23.3. The van der Waals surface area contributed by atoms with E-state index in [2.05, 4.69) is 15.2 Å². The van der Waals surface area contributed by atoms with Crippen LogP contribution in [0.4, 0.5) is 0 Å². The monoisotopic (exact) mass is 491 g/mol. The number of piperidine rings is 1. The summed E-state index contributed by atoms with van der Waals surface area (Å²) in [5.74, 6) is 2.23. The number of carbonyl (C=O) groups excluding carboxylic acids is 1. The van der Waals surface area contributed by atoms with Gasteiger partial charge >= 0.3 is 5.97 Å². The van der Waals surface area contributed by atoms with Gasteiger partial charge in [-0.1, -0.05) is 6.07 Å². The van der Waals surface area contributed by atoms with Crippen LogP contribution in [0, 0.1) is 5.92 Å². The average molecular weight is 491 g/mol. The maximum atomic E-state index is 11.6.